The molecule has 2 aliphatic carbocycles. The van der Waals surface area contributed by atoms with E-state index in [1.807, 2.05) is 11.9 Å². The van der Waals surface area contributed by atoms with Crippen molar-refractivity contribution < 1.29 is 28.5 Å². The van der Waals surface area contributed by atoms with Crippen LogP contribution in [0.15, 0.2) is 11.6 Å². The average Bonchev–Trinajstić information content (AvgIpc) is 3.78. The highest BCUT2D eigenvalue weighted by Gasteiger charge is 2.72. The number of amides is 2. The molecule has 2 saturated carbocycles. The van der Waals surface area contributed by atoms with Crippen molar-refractivity contribution in [3.63, 3.8) is 0 Å². The molecule has 8 heteroatoms. The minimum absolute atomic E-state index is 0.0187. The van der Waals surface area contributed by atoms with E-state index >= 15 is 0 Å². The second kappa shape index (κ2) is 9.03. The van der Waals surface area contributed by atoms with Gasteiger partial charge in [-0.1, -0.05) is 18.6 Å². The molecule has 5 fully saturated rings. The number of hydrogen-bond acceptors (Lipinski definition) is 6. The van der Waals surface area contributed by atoms with Crippen LogP contribution in [0.3, 0.4) is 0 Å². The highest BCUT2D eigenvalue weighted by atomic mass is 16.6. The molecule has 5 rings (SSSR count). The Morgan fingerprint density at radius 1 is 1.23 bits per heavy atom. The molecule has 1 unspecified atom stereocenters. The summed E-state index contributed by atoms with van der Waals surface area (Å²) in [6, 6.07) is 0. The van der Waals surface area contributed by atoms with E-state index in [2.05, 4.69) is 33.8 Å². The number of carbonyl (C=O) groups excluding carboxylic acids is 2. The first-order chi connectivity index (χ1) is 16.6. The van der Waals surface area contributed by atoms with Crippen molar-refractivity contribution in [1.29, 1.82) is 0 Å². The van der Waals surface area contributed by atoms with E-state index in [9.17, 15) is 9.59 Å². The Balaban J connectivity index is 1.20. The smallest absolute Gasteiger partial charge is 0.410 e. The summed E-state index contributed by atoms with van der Waals surface area (Å²) >= 11 is 0. The van der Waals surface area contributed by atoms with Crippen LogP contribution in [0.1, 0.15) is 53.4 Å². The number of methoxy groups -OCH3 is 1. The summed E-state index contributed by atoms with van der Waals surface area (Å²) in [5.41, 5.74) is 0.705. The molecular formula is C27H42N2O6. The standard InChI is InChI=1S/C27H42N2O6/c1-7-12-28(5)24(30)21-17-13-29(14-18(17)21)25(31)34-19-10-11-27(15-33-27)23(22(19)32-6)26(4)20(35-26)9-8-16(2)3/h8,17-23H,7,9-15H2,1-6H3/t17-,18+,19-,20-,21?,22-,23-,26+,27+/m1/s1. The number of carbonyl (C=O) groups is 2. The van der Waals surface area contributed by atoms with Crippen molar-refractivity contribution in [1.82, 2.24) is 9.80 Å². The summed E-state index contributed by atoms with van der Waals surface area (Å²) in [7, 11) is 3.58. The van der Waals surface area contributed by atoms with Gasteiger partial charge in [-0.05, 0) is 58.3 Å². The summed E-state index contributed by atoms with van der Waals surface area (Å²) in [5.74, 6) is 0.844. The third kappa shape index (κ3) is 4.40. The van der Waals surface area contributed by atoms with Gasteiger partial charge in [0.25, 0.3) is 0 Å². The lowest BCUT2D eigenvalue weighted by atomic mass is 9.68. The Labute approximate surface area is 209 Å². The number of allylic oxidation sites excluding steroid dienone is 1. The zero-order valence-electron chi connectivity index (χ0n) is 22.1. The molecule has 3 saturated heterocycles. The van der Waals surface area contributed by atoms with E-state index < -0.39 is 0 Å². The van der Waals surface area contributed by atoms with Crippen molar-refractivity contribution in [2.75, 3.05) is 40.4 Å². The fourth-order valence-corrected chi connectivity index (χ4v) is 7.02. The van der Waals surface area contributed by atoms with Gasteiger partial charge in [-0.25, -0.2) is 4.79 Å². The van der Waals surface area contributed by atoms with E-state index in [1.165, 1.54) is 5.57 Å². The second-order valence-corrected chi connectivity index (χ2v) is 11.8. The van der Waals surface area contributed by atoms with Gasteiger partial charge in [-0.15, -0.1) is 0 Å². The maximum absolute atomic E-state index is 13.1. The first-order valence-corrected chi connectivity index (χ1v) is 13.3. The van der Waals surface area contributed by atoms with Crippen LogP contribution in [0.25, 0.3) is 0 Å². The molecule has 0 aromatic rings. The quantitative estimate of drug-likeness (QED) is 0.384. The van der Waals surface area contributed by atoms with Gasteiger partial charge in [0.15, 0.2) is 0 Å². The molecule has 9 atom stereocenters. The Hall–Kier alpha value is -1.64. The van der Waals surface area contributed by atoms with Crippen LogP contribution in [0.4, 0.5) is 4.79 Å². The first-order valence-electron chi connectivity index (χ1n) is 13.3. The molecule has 1 spiro atoms. The largest absolute Gasteiger partial charge is 0.443 e. The van der Waals surface area contributed by atoms with Crippen molar-refractivity contribution >= 4 is 12.0 Å². The molecule has 0 aromatic carbocycles. The summed E-state index contributed by atoms with van der Waals surface area (Å²) in [6.07, 6.45) is 4.85. The third-order valence-corrected chi connectivity index (χ3v) is 9.16. The van der Waals surface area contributed by atoms with Crippen LogP contribution in [0.5, 0.6) is 0 Å². The molecule has 2 amide bonds. The fourth-order valence-electron chi connectivity index (χ4n) is 7.02. The molecule has 0 bridgehead atoms. The molecule has 5 aliphatic rings. The van der Waals surface area contributed by atoms with Crippen LogP contribution in [-0.4, -0.2) is 91.7 Å². The monoisotopic (exact) mass is 490 g/mol. The van der Waals surface area contributed by atoms with E-state index in [4.69, 9.17) is 18.9 Å². The fraction of sp³-hybridized carbons (Fsp3) is 0.852. The number of likely N-dealkylation sites (tertiary alicyclic amines) is 1. The summed E-state index contributed by atoms with van der Waals surface area (Å²) < 4.78 is 24.3. The van der Waals surface area contributed by atoms with Gasteiger partial charge < -0.3 is 28.7 Å². The Bertz CT molecular complexity index is 871. The normalized spacial score (nSPS) is 42.9. The van der Waals surface area contributed by atoms with Crippen LogP contribution < -0.4 is 0 Å². The van der Waals surface area contributed by atoms with E-state index in [1.54, 1.807) is 12.0 Å². The molecule has 0 radical (unpaired) electrons. The van der Waals surface area contributed by atoms with Crippen LogP contribution in [0, 0.1) is 23.7 Å². The SMILES string of the molecule is CCCN(C)C(=O)C1[C@H]2CN(C(=O)O[C@@H]3CC[C@]4(CO4)[C@@H]([C@@]4(C)O[C@@H]4CC=C(C)C)[C@@H]3OC)C[C@@H]12. The van der Waals surface area contributed by atoms with Gasteiger partial charge in [0.1, 0.15) is 23.4 Å². The van der Waals surface area contributed by atoms with Gasteiger partial charge in [-0.2, -0.15) is 0 Å². The second-order valence-electron chi connectivity index (χ2n) is 11.8. The molecule has 196 valence electrons. The minimum Gasteiger partial charge on any atom is -0.443 e. The van der Waals surface area contributed by atoms with Gasteiger partial charge in [0.2, 0.25) is 5.91 Å². The molecule has 3 heterocycles. The zero-order chi connectivity index (χ0) is 25.1. The number of rotatable bonds is 8. The Morgan fingerprint density at radius 3 is 2.49 bits per heavy atom. The number of fused-ring (bicyclic) bond motifs is 1. The first kappa shape index (κ1) is 25.0. The summed E-state index contributed by atoms with van der Waals surface area (Å²) in [5, 5.41) is 0. The molecular weight excluding hydrogens is 448 g/mol. The van der Waals surface area contributed by atoms with Crippen LogP contribution in [-0.2, 0) is 23.7 Å². The predicted molar refractivity (Wildman–Crippen MR) is 130 cm³/mol. The topological polar surface area (TPSA) is 84.1 Å². The maximum Gasteiger partial charge on any atom is 0.410 e. The van der Waals surface area contributed by atoms with Crippen LogP contribution in [0.2, 0.25) is 0 Å². The van der Waals surface area contributed by atoms with Crippen molar-refractivity contribution in [2.24, 2.45) is 23.7 Å². The number of nitrogens with zero attached hydrogens (tertiary/aromatic N) is 2. The summed E-state index contributed by atoms with van der Waals surface area (Å²) in [6.45, 7) is 11.1. The van der Waals surface area contributed by atoms with Gasteiger partial charge in [0.05, 0.1) is 18.6 Å². The van der Waals surface area contributed by atoms with Gasteiger partial charge in [-0.3, -0.25) is 4.79 Å². The highest BCUT2D eigenvalue weighted by molar-refractivity contribution is 5.83. The van der Waals surface area contributed by atoms with Crippen molar-refractivity contribution in [2.45, 2.75) is 82.9 Å². The van der Waals surface area contributed by atoms with Crippen molar-refractivity contribution in [3.8, 4) is 0 Å². The third-order valence-electron chi connectivity index (χ3n) is 9.16. The van der Waals surface area contributed by atoms with Crippen LogP contribution >= 0.6 is 0 Å². The maximum atomic E-state index is 13.1. The van der Waals surface area contributed by atoms with E-state index in [0.29, 0.717) is 19.7 Å². The Kier molecular flexibility index (Phi) is 6.46. The van der Waals surface area contributed by atoms with E-state index in [-0.39, 0.29) is 65.2 Å². The predicted octanol–water partition coefficient (Wildman–Crippen LogP) is 3.25. The van der Waals surface area contributed by atoms with Gasteiger partial charge in [0, 0.05) is 39.7 Å². The lowest BCUT2D eigenvalue weighted by molar-refractivity contribution is -0.132. The number of hydrogen-bond donors (Lipinski definition) is 0. The van der Waals surface area contributed by atoms with Gasteiger partial charge >= 0.3 is 6.09 Å². The number of piperidine rings is 1. The highest BCUT2D eigenvalue weighted by Crippen LogP contribution is 2.60. The minimum atomic E-state index is -0.346. The molecule has 0 aromatic heterocycles. The average molecular weight is 491 g/mol. The molecule has 8 nitrogen and oxygen atoms in total. The number of ether oxygens (including phenoxy) is 4. The van der Waals surface area contributed by atoms with Crippen molar-refractivity contribution in [3.05, 3.63) is 11.6 Å². The number of epoxide rings is 2. The molecule has 35 heavy (non-hydrogen) atoms. The van der Waals surface area contributed by atoms with E-state index in [0.717, 1.165) is 32.2 Å². The lowest BCUT2D eigenvalue weighted by Crippen LogP contribution is -2.56. The summed E-state index contributed by atoms with van der Waals surface area (Å²) in [4.78, 5) is 29.4. The Morgan fingerprint density at radius 2 is 1.91 bits per heavy atom. The lowest BCUT2D eigenvalue weighted by Gasteiger charge is -2.43. The molecule has 3 aliphatic heterocycles. The zero-order valence-corrected chi connectivity index (χ0v) is 22.1. The molecule has 0 N–H and O–H groups in total.